The summed E-state index contributed by atoms with van der Waals surface area (Å²) in [6.45, 7) is -0.0331. The summed E-state index contributed by atoms with van der Waals surface area (Å²) in [6.07, 6.45) is -4.84. The molecule has 2 aromatic carbocycles. The van der Waals surface area contributed by atoms with Crippen LogP contribution in [0.25, 0.3) is 0 Å². The highest BCUT2D eigenvalue weighted by Crippen LogP contribution is 2.30. The Balaban J connectivity index is 2.01. The summed E-state index contributed by atoms with van der Waals surface area (Å²) in [7, 11) is 1.49. The van der Waals surface area contributed by atoms with Crippen LogP contribution in [0.4, 0.5) is 13.2 Å². The van der Waals surface area contributed by atoms with Crippen LogP contribution in [0.3, 0.4) is 0 Å². The van der Waals surface area contributed by atoms with E-state index in [4.69, 9.17) is 16.3 Å². The first kappa shape index (κ1) is 19.1. The first-order valence-electron chi connectivity index (χ1n) is 8.04. The number of nitrogens with one attached hydrogen (secondary N) is 1. The number of hydrogen-bond acceptors (Lipinski definition) is 2. The van der Waals surface area contributed by atoms with Gasteiger partial charge in [0.25, 0.3) is 5.56 Å². The Morgan fingerprint density at radius 1 is 1.11 bits per heavy atom. The highest BCUT2D eigenvalue weighted by Gasteiger charge is 2.37. The van der Waals surface area contributed by atoms with Crippen LogP contribution in [0.2, 0.25) is 5.02 Å². The second-order valence-electron chi connectivity index (χ2n) is 6.01. The molecule has 0 aliphatic heterocycles. The maximum atomic E-state index is 13.5. The van der Waals surface area contributed by atoms with E-state index >= 15 is 0 Å². The predicted octanol–water partition coefficient (Wildman–Crippen LogP) is 4.50. The molecule has 1 N–H and O–H groups in total. The minimum atomic E-state index is -4.67. The highest BCUT2D eigenvalue weighted by molar-refractivity contribution is 6.30. The molecule has 3 rings (SSSR count). The van der Waals surface area contributed by atoms with Gasteiger partial charge in [0.05, 0.1) is 19.2 Å². The zero-order chi connectivity index (χ0) is 19.6. The summed E-state index contributed by atoms with van der Waals surface area (Å²) in [4.78, 5) is 12.7. The van der Waals surface area contributed by atoms with Crippen molar-refractivity contribution in [2.45, 2.75) is 19.1 Å². The van der Waals surface area contributed by atoms with Gasteiger partial charge in [0.15, 0.2) is 0 Å². The fourth-order valence-corrected chi connectivity index (χ4v) is 3.05. The SMILES string of the molecule is COc1cccc(Cn2[nH]c(C(F)(F)F)c(Cc3cccc(Cl)c3)c2=O)c1. The lowest BCUT2D eigenvalue weighted by Crippen LogP contribution is -2.20. The molecule has 0 saturated carbocycles. The number of rotatable bonds is 5. The predicted molar refractivity (Wildman–Crippen MR) is 96.4 cm³/mol. The Morgan fingerprint density at radius 3 is 2.48 bits per heavy atom. The van der Waals surface area contributed by atoms with Gasteiger partial charge in [0.2, 0.25) is 0 Å². The molecule has 0 bridgehead atoms. The lowest BCUT2D eigenvalue weighted by molar-refractivity contribution is -0.142. The molecule has 0 unspecified atom stereocenters. The van der Waals surface area contributed by atoms with Gasteiger partial charge in [-0.1, -0.05) is 35.9 Å². The fraction of sp³-hybridized carbons (Fsp3) is 0.211. The molecule has 0 radical (unpaired) electrons. The molecular formula is C19H16ClF3N2O2. The van der Waals surface area contributed by atoms with Gasteiger partial charge in [-0.2, -0.15) is 13.2 Å². The molecule has 1 heterocycles. The third-order valence-electron chi connectivity index (χ3n) is 4.08. The second kappa shape index (κ2) is 7.52. The molecule has 1 aromatic heterocycles. The van der Waals surface area contributed by atoms with Crippen LogP contribution in [0, 0.1) is 0 Å². The Bertz CT molecular complexity index is 1010. The van der Waals surface area contributed by atoms with Crippen LogP contribution in [0.15, 0.2) is 53.3 Å². The van der Waals surface area contributed by atoms with E-state index in [1.807, 2.05) is 0 Å². The van der Waals surface area contributed by atoms with Crippen LogP contribution in [-0.4, -0.2) is 16.9 Å². The lowest BCUT2D eigenvalue weighted by atomic mass is 10.1. The molecule has 142 valence electrons. The van der Waals surface area contributed by atoms with Crippen molar-refractivity contribution in [2.75, 3.05) is 7.11 Å². The number of ether oxygens (including phenoxy) is 1. The maximum Gasteiger partial charge on any atom is 0.433 e. The van der Waals surface area contributed by atoms with Crippen molar-refractivity contribution in [2.24, 2.45) is 0 Å². The summed E-state index contributed by atoms with van der Waals surface area (Å²) in [5.74, 6) is 0.558. The Hall–Kier alpha value is -2.67. The minimum Gasteiger partial charge on any atom is -0.497 e. The zero-order valence-electron chi connectivity index (χ0n) is 14.3. The van der Waals surface area contributed by atoms with Gasteiger partial charge in [-0.3, -0.25) is 9.89 Å². The van der Waals surface area contributed by atoms with Crippen LogP contribution < -0.4 is 10.3 Å². The van der Waals surface area contributed by atoms with Gasteiger partial charge in [0, 0.05) is 11.4 Å². The summed E-state index contributed by atoms with van der Waals surface area (Å²) >= 11 is 5.90. The molecule has 0 atom stereocenters. The average Bonchev–Trinajstić information content (AvgIpc) is 2.92. The number of hydrogen-bond donors (Lipinski definition) is 1. The summed E-state index contributed by atoms with van der Waals surface area (Å²) < 4.78 is 46.4. The highest BCUT2D eigenvalue weighted by atomic mass is 35.5. The molecular weight excluding hydrogens is 381 g/mol. The Labute approximate surface area is 158 Å². The molecule has 0 saturated heterocycles. The van der Waals surface area contributed by atoms with E-state index in [2.05, 4.69) is 5.10 Å². The largest absolute Gasteiger partial charge is 0.497 e. The van der Waals surface area contributed by atoms with Crippen molar-refractivity contribution >= 4 is 11.6 Å². The molecule has 27 heavy (non-hydrogen) atoms. The lowest BCUT2D eigenvalue weighted by Gasteiger charge is -2.07. The Kier molecular flexibility index (Phi) is 5.32. The summed E-state index contributed by atoms with van der Waals surface area (Å²) in [5.41, 5.74) is -0.938. The monoisotopic (exact) mass is 396 g/mol. The van der Waals surface area contributed by atoms with Crippen molar-refractivity contribution in [3.8, 4) is 5.75 Å². The number of H-pyrrole nitrogens is 1. The first-order chi connectivity index (χ1) is 12.8. The third kappa shape index (κ3) is 4.36. The van der Waals surface area contributed by atoms with E-state index in [1.165, 1.54) is 7.11 Å². The van der Waals surface area contributed by atoms with E-state index in [0.29, 0.717) is 21.9 Å². The Morgan fingerprint density at radius 2 is 1.81 bits per heavy atom. The number of benzene rings is 2. The number of methoxy groups -OCH3 is 1. The molecule has 4 nitrogen and oxygen atoms in total. The number of alkyl halides is 3. The normalized spacial score (nSPS) is 11.6. The van der Waals surface area contributed by atoms with Gasteiger partial charge in [-0.05, 0) is 35.4 Å². The van der Waals surface area contributed by atoms with Crippen molar-refractivity contribution in [1.29, 1.82) is 0 Å². The summed E-state index contributed by atoms with van der Waals surface area (Å²) in [6, 6.07) is 13.2. The van der Waals surface area contributed by atoms with Gasteiger partial charge >= 0.3 is 6.18 Å². The third-order valence-corrected chi connectivity index (χ3v) is 4.32. The van der Waals surface area contributed by atoms with E-state index in [0.717, 1.165) is 4.68 Å². The van der Waals surface area contributed by atoms with Crippen molar-refractivity contribution in [3.63, 3.8) is 0 Å². The van der Waals surface area contributed by atoms with Crippen LogP contribution in [0.5, 0.6) is 5.75 Å². The standard InChI is InChI=1S/C19H16ClF3N2O2/c1-27-15-7-3-5-13(9-15)11-25-18(26)16(17(24-25)19(21,22)23)10-12-4-2-6-14(20)8-12/h2-9,24H,10-11H2,1H3. The molecule has 0 aliphatic carbocycles. The number of aromatic nitrogens is 2. The van der Waals surface area contributed by atoms with E-state index in [1.54, 1.807) is 48.5 Å². The molecule has 8 heteroatoms. The van der Waals surface area contributed by atoms with E-state index in [-0.39, 0.29) is 18.5 Å². The summed E-state index contributed by atoms with van der Waals surface area (Å²) in [5, 5.41) is 2.61. The molecule has 0 amide bonds. The first-order valence-corrected chi connectivity index (χ1v) is 8.42. The topological polar surface area (TPSA) is 47.0 Å². The van der Waals surface area contributed by atoms with Crippen molar-refractivity contribution < 1.29 is 17.9 Å². The van der Waals surface area contributed by atoms with Crippen LogP contribution >= 0.6 is 11.6 Å². The quantitative estimate of drug-likeness (QED) is 0.690. The minimum absolute atomic E-state index is 0.0331. The second-order valence-corrected chi connectivity index (χ2v) is 6.45. The van der Waals surface area contributed by atoms with Crippen LogP contribution in [-0.2, 0) is 19.1 Å². The molecule has 3 aromatic rings. The van der Waals surface area contributed by atoms with Gasteiger partial charge in [-0.15, -0.1) is 0 Å². The number of nitrogens with zero attached hydrogens (tertiary/aromatic N) is 1. The number of aromatic amines is 1. The van der Waals surface area contributed by atoms with Crippen molar-refractivity contribution in [1.82, 2.24) is 9.78 Å². The fourth-order valence-electron chi connectivity index (χ4n) is 2.84. The average molecular weight is 397 g/mol. The maximum absolute atomic E-state index is 13.5. The van der Waals surface area contributed by atoms with Crippen molar-refractivity contribution in [3.05, 3.63) is 86.3 Å². The van der Waals surface area contributed by atoms with Gasteiger partial charge in [-0.25, -0.2) is 4.68 Å². The van der Waals surface area contributed by atoms with E-state index in [9.17, 15) is 18.0 Å². The number of halogens is 4. The molecule has 0 spiro atoms. The molecule has 0 aliphatic rings. The van der Waals surface area contributed by atoms with Gasteiger partial charge < -0.3 is 4.74 Å². The van der Waals surface area contributed by atoms with Crippen LogP contribution in [0.1, 0.15) is 22.4 Å². The van der Waals surface area contributed by atoms with Gasteiger partial charge in [0.1, 0.15) is 11.4 Å². The zero-order valence-corrected chi connectivity index (χ0v) is 15.1. The smallest absolute Gasteiger partial charge is 0.433 e. The van der Waals surface area contributed by atoms with E-state index < -0.39 is 17.4 Å². The molecule has 0 fully saturated rings.